The number of rotatable bonds is 11. The van der Waals surface area contributed by atoms with Crippen LogP contribution >= 0.6 is 0 Å². The topological polar surface area (TPSA) is 88.0 Å². The van der Waals surface area contributed by atoms with E-state index in [0.717, 1.165) is 50.0 Å². The summed E-state index contributed by atoms with van der Waals surface area (Å²) < 4.78 is 14.6. The van der Waals surface area contributed by atoms with Crippen LogP contribution in [0, 0.1) is 5.82 Å². The van der Waals surface area contributed by atoms with Crippen LogP contribution in [0.3, 0.4) is 0 Å². The first-order chi connectivity index (χ1) is 15.9. The van der Waals surface area contributed by atoms with Gasteiger partial charge in [0.05, 0.1) is 0 Å². The van der Waals surface area contributed by atoms with Crippen LogP contribution in [0.25, 0.3) is 11.4 Å². The van der Waals surface area contributed by atoms with Crippen molar-refractivity contribution in [2.75, 3.05) is 25.0 Å². The van der Waals surface area contributed by atoms with Crippen LogP contribution in [0.15, 0.2) is 48.5 Å². The van der Waals surface area contributed by atoms with Gasteiger partial charge in [-0.3, -0.25) is 0 Å². The Labute approximate surface area is 194 Å². The van der Waals surface area contributed by atoms with E-state index in [0.29, 0.717) is 11.5 Å². The van der Waals surface area contributed by atoms with E-state index in [4.69, 9.17) is 0 Å². The lowest BCUT2D eigenvalue weighted by atomic mass is 10.1. The van der Waals surface area contributed by atoms with E-state index in [1.165, 1.54) is 12.1 Å². The number of tetrazole rings is 1. The molecule has 3 aromatic rings. The first-order valence-corrected chi connectivity index (χ1v) is 11.3. The number of nitrogens with one attached hydrogen (secondary N) is 2. The van der Waals surface area contributed by atoms with Gasteiger partial charge in [0.25, 0.3) is 0 Å². The molecule has 0 aliphatic carbocycles. The zero-order chi connectivity index (χ0) is 23.6. The van der Waals surface area contributed by atoms with E-state index in [1.807, 2.05) is 43.3 Å². The van der Waals surface area contributed by atoms with Gasteiger partial charge in [0.2, 0.25) is 0 Å². The van der Waals surface area contributed by atoms with E-state index in [9.17, 15) is 9.18 Å². The van der Waals surface area contributed by atoms with Gasteiger partial charge in [-0.2, -0.15) is 0 Å². The van der Waals surface area contributed by atoms with Crippen molar-refractivity contribution in [3.8, 4) is 11.4 Å². The average molecular weight is 454 g/mol. The fraction of sp³-hybridized carbons (Fsp3) is 0.417. The van der Waals surface area contributed by atoms with Gasteiger partial charge in [-0.15, -0.1) is 5.10 Å². The third-order valence-electron chi connectivity index (χ3n) is 5.55. The highest BCUT2D eigenvalue weighted by Crippen LogP contribution is 2.19. The van der Waals surface area contributed by atoms with E-state index in [-0.39, 0.29) is 17.9 Å². The first kappa shape index (κ1) is 24.3. The van der Waals surface area contributed by atoms with Crippen LogP contribution in [0.2, 0.25) is 0 Å². The lowest BCUT2D eigenvalue weighted by Gasteiger charge is -2.23. The van der Waals surface area contributed by atoms with Crippen LogP contribution in [-0.2, 0) is 13.5 Å². The van der Waals surface area contributed by atoms with Gasteiger partial charge in [-0.1, -0.05) is 31.2 Å². The van der Waals surface area contributed by atoms with Gasteiger partial charge >= 0.3 is 6.03 Å². The lowest BCUT2D eigenvalue weighted by molar-refractivity contribution is 0.242. The minimum atomic E-state index is -0.241. The first-order valence-electron chi connectivity index (χ1n) is 11.3. The molecule has 9 heteroatoms. The SMILES string of the molecule is CCN(CCCc1ccc(F)cc1)CC[C@@H](C)NC(=O)Nc1cccc(-c2nnnn2C)c1. The summed E-state index contributed by atoms with van der Waals surface area (Å²) in [6.45, 7) is 6.97. The van der Waals surface area contributed by atoms with Gasteiger partial charge < -0.3 is 15.5 Å². The molecule has 0 unspecified atom stereocenters. The Bertz CT molecular complexity index is 1020. The van der Waals surface area contributed by atoms with Gasteiger partial charge in [0, 0.05) is 30.9 Å². The molecule has 0 fully saturated rings. The highest BCUT2D eigenvalue weighted by atomic mass is 19.1. The summed E-state index contributed by atoms with van der Waals surface area (Å²) in [6, 6.07) is 13.9. The maximum Gasteiger partial charge on any atom is 0.319 e. The highest BCUT2D eigenvalue weighted by Gasteiger charge is 2.11. The number of carbonyl (C=O) groups excluding carboxylic acids is 1. The zero-order valence-electron chi connectivity index (χ0n) is 19.5. The second kappa shape index (κ2) is 12.1. The molecule has 0 saturated heterocycles. The van der Waals surface area contributed by atoms with Crippen molar-refractivity contribution in [3.05, 3.63) is 59.9 Å². The van der Waals surface area contributed by atoms with Gasteiger partial charge in [-0.05, 0) is 79.5 Å². The Balaban J connectivity index is 1.40. The van der Waals surface area contributed by atoms with Crippen molar-refractivity contribution in [1.29, 1.82) is 0 Å². The third kappa shape index (κ3) is 7.64. The average Bonchev–Trinajstić information content (AvgIpc) is 3.23. The molecule has 8 nitrogen and oxygen atoms in total. The minimum absolute atomic E-state index is 0.0299. The van der Waals surface area contributed by atoms with Crippen LogP contribution < -0.4 is 10.6 Å². The molecule has 0 aliphatic rings. The largest absolute Gasteiger partial charge is 0.335 e. The van der Waals surface area contributed by atoms with Crippen molar-refractivity contribution in [3.63, 3.8) is 0 Å². The number of urea groups is 1. The second-order valence-corrected chi connectivity index (χ2v) is 8.16. The Morgan fingerprint density at radius 2 is 1.97 bits per heavy atom. The molecule has 2 aromatic carbocycles. The molecule has 0 radical (unpaired) electrons. The standard InChI is InChI=1S/C24H32FN7O/c1-4-32(15-6-7-19-10-12-21(25)13-11-19)16-14-18(2)26-24(33)27-22-9-5-8-20(17-22)23-28-29-30-31(23)3/h5,8-13,17-18H,4,6-7,14-16H2,1-3H3,(H2,26,27,33)/t18-/m1/s1. The van der Waals surface area contributed by atoms with E-state index in [2.05, 4.69) is 38.0 Å². The number of amides is 2. The molecule has 0 saturated carbocycles. The monoisotopic (exact) mass is 453 g/mol. The second-order valence-electron chi connectivity index (χ2n) is 8.16. The van der Waals surface area contributed by atoms with Gasteiger partial charge in [0.1, 0.15) is 5.82 Å². The van der Waals surface area contributed by atoms with Crippen molar-refractivity contribution in [1.82, 2.24) is 30.4 Å². The van der Waals surface area contributed by atoms with Crippen LogP contribution in [-0.4, -0.2) is 56.8 Å². The summed E-state index contributed by atoms with van der Waals surface area (Å²) in [5.41, 5.74) is 2.66. The molecule has 0 aliphatic heterocycles. The molecule has 1 heterocycles. The molecule has 33 heavy (non-hydrogen) atoms. The summed E-state index contributed by atoms with van der Waals surface area (Å²) >= 11 is 0. The molecule has 1 atom stereocenters. The molecule has 176 valence electrons. The number of anilines is 1. The molecular weight excluding hydrogens is 421 g/mol. The van der Waals surface area contributed by atoms with Crippen molar-refractivity contribution in [2.24, 2.45) is 7.05 Å². The quantitative estimate of drug-likeness (QED) is 0.460. The normalized spacial score (nSPS) is 12.0. The molecule has 1 aromatic heterocycles. The predicted octanol–water partition coefficient (Wildman–Crippen LogP) is 3.87. The Morgan fingerprint density at radius 3 is 2.67 bits per heavy atom. The maximum atomic E-state index is 13.0. The van der Waals surface area contributed by atoms with Gasteiger partial charge in [-0.25, -0.2) is 13.9 Å². The number of hydrogen-bond acceptors (Lipinski definition) is 5. The minimum Gasteiger partial charge on any atom is -0.335 e. The fourth-order valence-electron chi connectivity index (χ4n) is 3.64. The number of aromatic nitrogens is 4. The number of halogens is 1. The Kier molecular flexibility index (Phi) is 8.88. The van der Waals surface area contributed by atoms with Crippen molar-refractivity contribution < 1.29 is 9.18 Å². The van der Waals surface area contributed by atoms with Crippen LogP contribution in [0.5, 0.6) is 0 Å². The summed E-state index contributed by atoms with van der Waals surface area (Å²) in [5, 5.41) is 17.4. The number of carbonyl (C=O) groups is 1. The van der Waals surface area contributed by atoms with Gasteiger partial charge in [0.15, 0.2) is 5.82 Å². The summed E-state index contributed by atoms with van der Waals surface area (Å²) in [7, 11) is 1.77. The van der Waals surface area contributed by atoms with E-state index >= 15 is 0 Å². The summed E-state index contributed by atoms with van der Waals surface area (Å²) in [5.74, 6) is 0.432. The number of aryl methyl sites for hydroxylation is 2. The fourth-order valence-corrected chi connectivity index (χ4v) is 3.64. The molecule has 0 spiro atoms. The lowest BCUT2D eigenvalue weighted by Crippen LogP contribution is -2.38. The molecule has 2 N–H and O–H groups in total. The van der Waals surface area contributed by atoms with Crippen LogP contribution in [0.4, 0.5) is 14.9 Å². The Morgan fingerprint density at radius 1 is 1.18 bits per heavy atom. The maximum absolute atomic E-state index is 13.0. The molecule has 2 amide bonds. The molecule has 3 rings (SSSR count). The molecule has 0 bridgehead atoms. The number of hydrogen-bond donors (Lipinski definition) is 2. The van der Waals surface area contributed by atoms with Crippen molar-refractivity contribution in [2.45, 2.75) is 39.2 Å². The number of nitrogens with zero attached hydrogens (tertiary/aromatic N) is 5. The van der Waals surface area contributed by atoms with E-state index < -0.39 is 0 Å². The van der Waals surface area contributed by atoms with Crippen molar-refractivity contribution >= 4 is 11.7 Å². The van der Waals surface area contributed by atoms with Crippen LogP contribution in [0.1, 0.15) is 32.3 Å². The van der Waals surface area contributed by atoms with E-state index in [1.54, 1.807) is 11.7 Å². The summed E-state index contributed by atoms with van der Waals surface area (Å²) in [4.78, 5) is 14.8. The third-order valence-corrected chi connectivity index (χ3v) is 5.55. The highest BCUT2D eigenvalue weighted by molar-refractivity contribution is 5.90. The zero-order valence-corrected chi connectivity index (χ0v) is 19.5. The summed E-state index contributed by atoms with van der Waals surface area (Å²) in [6.07, 6.45) is 2.79. The molecular formula is C24H32FN7O. The predicted molar refractivity (Wildman–Crippen MR) is 127 cm³/mol. The Hall–Kier alpha value is -3.33. The number of benzene rings is 2. The smallest absolute Gasteiger partial charge is 0.319 e.